The van der Waals surface area contributed by atoms with Gasteiger partial charge in [-0.15, -0.1) is 0 Å². The van der Waals surface area contributed by atoms with Gasteiger partial charge in [-0.2, -0.15) is 11.3 Å². The number of amides is 1. The second-order valence-corrected chi connectivity index (χ2v) is 6.23. The van der Waals surface area contributed by atoms with E-state index in [0.717, 1.165) is 17.5 Å². The molecule has 0 fully saturated rings. The van der Waals surface area contributed by atoms with Gasteiger partial charge in [-0.3, -0.25) is 4.79 Å². The van der Waals surface area contributed by atoms with Crippen LogP contribution in [0.25, 0.3) is 0 Å². The lowest BCUT2D eigenvalue weighted by atomic mass is 9.98. The fourth-order valence-corrected chi connectivity index (χ4v) is 3.28. The third kappa shape index (κ3) is 4.30. The Kier molecular flexibility index (Phi) is 5.22. The standard InChI is InChI=1S/C20H19NOS/c22-19(12-11-16-13-14-23-15-16)21-20(17-7-3-1-4-8-17)18-9-5-2-6-10-18/h1-10,13-15,20H,11-12H2,(H,21,22). The Labute approximate surface area is 140 Å². The molecule has 116 valence electrons. The number of thiophene rings is 1. The molecule has 1 aromatic heterocycles. The first kappa shape index (κ1) is 15.5. The van der Waals surface area contributed by atoms with Crippen molar-refractivity contribution in [2.75, 3.05) is 0 Å². The molecule has 3 aromatic rings. The minimum atomic E-state index is -0.104. The van der Waals surface area contributed by atoms with Gasteiger partial charge in [-0.1, -0.05) is 60.7 Å². The van der Waals surface area contributed by atoms with Crippen LogP contribution in [0.3, 0.4) is 0 Å². The zero-order chi connectivity index (χ0) is 15.9. The van der Waals surface area contributed by atoms with Crippen LogP contribution in [0, 0.1) is 0 Å². The van der Waals surface area contributed by atoms with Crippen LogP contribution >= 0.6 is 11.3 Å². The van der Waals surface area contributed by atoms with Gasteiger partial charge >= 0.3 is 0 Å². The van der Waals surface area contributed by atoms with Crippen molar-refractivity contribution in [1.29, 1.82) is 0 Å². The van der Waals surface area contributed by atoms with Gasteiger partial charge in [0.25, 0.3) is 0 Å². The van der Waals surface area contributed by atoms with E-state index in [2.05, 4.69) is 41.0 Å². The number of aryl methyl sites for hydroxylation is 1. The van der Waals surface area contributed by atoms with E-state index in [1.807, 2.05) is 41.8 Å². The molecule has 1 N–H and O–H groups in total. The van der Waals surface area contributed by atoms with E-state index < -0.39 is 0 Å². The van der Waals surface area contributed by atoms with Crippen LogP contribution < -0.4 is 5.32 Å². The number of carbonyl (C=O) groups excluding carboxylic acids is 1. The van der Waals surface area contributed by atoms with Gasteiger partial charge in [0.2, 0.25) is 5.91 Å². The minimum absolute atomic E-state index is 0.0777. The SMILES string of the molecule is O=C(CCc1ccsc1)NC(c1ccccc1)c1ccccc1. The summed E-state index contributed by atoms with van der Waals surface area (Å²) in [6, 6.07) is 22.2. The molecule has 0 saturated carbocycles. The summed E-state index contributed by atoms with van der Waals surface area (Å²) in [5, 5.41) is 7.32. The lowest BCUT2D eigenvalue weighted by Gasteiger charge is -2.20. The fourth-order valence-electron chi connectivity index (χ4n) is 2.58. The van der Waals surface area contributed by atoms with Crippen molar-refractivity contribution in [3.63, 3.8) is 0 Å². The lowest BCUT2D eigenvalue weighted by Crippen LogP contribution is -2.29. The maximum Gasteiger partial charge on any atom is 0.221 e. The number of carbonyl (C=O) groups is 1. The van der Waals surface area contributed by atoms with Crippen molar-refractivity contribution >= 4 is 17.2 Å². The molecule has 0 bridgehead atoms. The summed E-state index contributed by atoms with van der Waals surface area (Å²) in [6.45, 7) is 0. The number of benzene rings is 2. The third-order valence-corrected chi connectivity index (χ3v) is 4.52. The first-order valence-corrected chi connectivity index (χ1v) is 8.67. The van der Waals surface area contributed by atoms with E-state index in [1.165, 1.54) is 5.56 Å². The quantitative estimate of drug-likeness (QED) is 0.707. The van der Waals surface area contributed by atoms with E-state index in [9.17, 15) is 4.79 Å². The van der Waals surface area contributed by atoms with Crippen LogP contribution in [0.5, 0.6) is 0 Å². The maximum atomic E-state index is 12.4. The van der Waals surface area contributed by atoms with Crippen LogP contribution in [0.1, 0.15) is 29.2 Å². The van der Waals surface area contributed by atoms with E-state index in [1.54, 1.807) is 11.3 Å². The Balaban J connectivity index is 1.72. The molecular weight excluding hydrogens is 302 g/mol. The highest BCUT2D eigenvalue weighted by Crippen LogP contribution is 2.22. The summed E-state index contributed by atoms with van der Waals surface area (Å²) in [5.74, 6) is 0.0777. The summed E-state index contributed by atoms with van der Waals surface area (Å²) in [4.78, 5) is 12.4. The van der Waals surface area contributed by atoms with Crippen LogP contribution in [0.15, 0.2) is 77.5 Å². The Hall–Kier alpha value is -2.39. The first-order valence-electron chi connectivity index (χ1n) is 7.73. The molecule has 0 aliphatic carbocycles. The largest absolute Gasteiger partial charge is 0.345 e. The molecular formula is C20H19NOS. The van der Waals surface area contributed by atoms with Crippen molar-refractivity contribution in [1.82, 2.24) is 5.32 Å². The smallest absolute Gasteiger partial charge is 0.221 e. The van der Waals surface area contributed by atoms with Crippen molar-refractivity contribution in [3.05, 3.63) is 94.2 Å². The predicted molar refractivity (Wildman–Crippen MR) is 95.5 cm³/mol. The fraction of sp³-hybridized carbons (Fsp3) is 0.150. The van der Waals surface area contributed by atoms with Gasteiger partial charge < -0.3 is 5.32 Å². The average Bonchev–Trinajstić information content (AvgIpc) is 3.13. The van der Waals surface area contributed by atoms with Crippen molar-refractivity contribution in [2.24, 2.45) is 0 Å². The van der Waals surface area contributed by atoms with E-state index in [4.69, 9.17) is 0 Å². The molecule has 0 saturated heterocycles. The van der Waals surface area contributed by atoms with Crippen LogP contribution in [0.2, 0.25) is 0 Å². The molecule has 0 aliphatic heterocycles. The van der Waals surface area contributed by atoms with E-state index >= 15 is 0 Å². The molecule has 0 unspecified atom stereocenters. The number of nitrogens with one attached hydrogen (secondary N) is 1. The van der Waals surface area contributed by atoms with Gasteiger partial charge in [0.1, 0.15) is 0 Å². The third-order valence-electron chi connectivity index (χ3n) is 3.79. The topological polar surface area (TPSA) is 29.1 Å². The van der Waals surface area contributed by atoms with Gasteiger partial charge in [-0.25, -0.2) is 0 Å². The van der Waals surface area contributed by atoms with Gasteiger partial charge in [0.05, 0.1) is 6.04 Å². The van der Waals surface area contributed by atoms with Gasteiger partial charge in [-0.05, 0) is 39.9 Å². The lowest BCUT2D eigenvalue weighted by molar-refractivity contribution is -0.121. The molecule has 0 spiro atoms. The molecule has 0 radical (unpaired) electrons. The molecule has 1 heterocycles. The Bertz CT molecular complexity index is 683. The van der Waals surface area contributed by atoms with Crippen LogP contribution in [0.4, 0.5) is 0 Å². The minimum Gasteiger partial charge on any atom is -0.345 e. The van der Waals surface area contributed by atoms with Crippen molar-refractivity contribution < 1.29 is 4.79 Å². The van der Waals surface area contributed by atoms with Crippen LogP contribution in [-0.2, 0) is 11.2 Å². The summed E-state index contributed by atoms with van der Waals surface area (Å²) >= 11 is 1.67. The first-order chi connectivity index (χ1) is 11.3. The maximum absolute atomic E-state index is 12.4. The molecule has 23 heavy (non-hydrogen) atoms. The second-order valence-electron chi connectivity index (χ2n) is 5.45. The predicted octanol–water partition coefficient (Wildman–Crippen LogP) is 4.59. The summed E-state index contributed by atoms with van der Waals surface area (Å²) in [6.07, 6.45) is 1.29. The zero-order valence-electron chi connectivity index (χ0n) is 12.8. The molecule has 2 nitrogen and oxygen atoms in total. The number of hydrogen-bond donors (Lipinski definition) is 1. The Morgan fingerprint density at radius 1 is 0.913 bits per heavy atom. The number of rotatable bonds is 6. The van der Waals surface area contributed by atoms with Crippen molar-refractivity contribution in [2.45, 2.75) is 18.9 Å². The highest BCUT2D eigenvalue weighted by atomic mass is 32.1. The van der Waals surface area contributed by atoms with Gasteiger partial charge in [0.15, 0.2) is 0 Å². The number of hydrogen-bond acceptors (Lipinski definition) is 2. The molecule has 0 atom stereocenters. The second kappa shape index (κ2) is 7.75. The Morgan fingerprint density at radius 2 is 1.52 bits per heavy atom. The van der Waals surface area contributed by atoms with Gasteiger partial charge in [0, 0.05) is 6.42 Å². The molecule has 3 heteroatoms. The molecule has 1 amide bonds. The van der Waals surface area contributed by atoms with Crippen molar-refractivity contribution in [3.8, 4) is 0 Å². The zero-order valence-corrected chi connectivity index (χ0v) is 13.6. The summed E-state index contributed by atoms with van der Waals surface area (Å²) in [5.41, 5.74) is 3.42. The average molecular weight is 321 g/mol. The summed E-state index contributed by atoms with van der Waals surface area (Å²) in [7, 11) is 0. The normalized spacial score (nSPS) is 10.7. The highest BCUT2D eigenvalue weighted by Gasteiger charge is 2.16. The molecule has 2 aromatic carbocycles. The Morgan fingerprint density at radius 3 is 2.04 bits per heavy atom. The molecule has 3 rings (SSSR count). The van der Waals surface area contributed by atoms with E-state index in [0.29, 0.717) is 6.42 Å². The highest BCUT2D eigenvalue weighted by molar-refractivity contribution is 7.07. The van der Waals surface area contributed by atoms with E-state index in [-0.39, 0.29) is 11.9 Å². The monoisotopic (exact) mass is 321 g/mol. The summed E-state index contributed by atoms with van der Waals surface area (Å²) < 4.78 is 0. The molecule has 0 aliphatic rings. The van der Waals surface area contributed by atoms with Crippen LogP contribution in [-0.4, -0.2) is 5.91 Å².